The first-order chi connectivity index (χ1) is 22.0. The van der Waals surface area contributed by atoms with Gasteiger partial charge in [0.25, 0.3) is 5.17 Å². The number of hydrogen-bond donors (Lipinski definition) is 0. The summed E-state index contributed by atoms with van der Waals surface area (Å²) >= 11 is 6.77. The molecule has 0 spiro atoms. The van der Waals surface area contributed by atoms with E-state index in [1.54, 1.807) is 101 Å². The van der Waals surface area contributed by atoms with E-state index in [0.29, 0.717) is 16.3 Å². The largest absolute Gasteiger partial charge is 0.461 e. The normalized spacial score (nSPS) is 22.2. The molecule has 0 saturated carbocycles. The number of benzene rings is 2. The highest BCUT2D eigenvalue weighted by Crippen LogP contribution is 2.40. The quantitative estimate of drug-likeness (QED) is 0.193. The van der Waals surface area contributed by atoms with Gasteiger partial charge in [0.1, 0.15) is 36.1 Å². The second kappa shape index (κ2) is 14.4. The molecule has 5 rings (SSSR count). The molecule has 1 fully saturated rings. The van der Waals surface area contributed by atoms with Crippen molar-refractivity contribution < 1.29 is 38.1 Å². The average Bonchev–Trinajstić information content (AvgIpc) is 3.72. The second-order valence-corrected chi connectivity index (χ2v) is 12.7. The third-order valence-corrected chi connectivity index (χ3v) is 8.32. The van der Waals surface area contributed by atoms with E-state index in [1.807, 2.05) is 0 Å². The van der Waals surface area contributed by atoms with E-state index in [1.165, 1.54) is 27.6 Å². The zero-order chi connectivity index (χ0) is 32.8. The summed E-state index contributed by atoms with van der Waals surface area (Å²) < 4.78 is 31.6. The monoisotopic (exact) mass is 666 g/mol. The van der Waals surface area contributed by atoms with Gasteiger partial charge in [0.15, 0.2) is 17.4 Å². The lowest BCUT2D eigenvalue weighted by molar-refractivity contribution is -0.163. The van der Waals surface area contributed by atoms with Crippen molar-refractivity contribution in [1.29, 1.82) is 0 Å². The first kappa shape index (κ1) is 33.1. The number of imidazole rings is 1. The zero-order valence-electron chi connectivity index (χ0n) is 25.7. The van der Waals surface area contributed by atoms with Crippen LogP contribution < -0.4 is 0 Å². The van der Waals surface area contributed by atoms with E-state index in [2.05, 4.69) is 4.98 Å². The van der Waals surface area contributed by atoms with Crippen molar-refractivity contribution in [3.8, 4) is 0 Å². The minimum Gasteiger partial charge on any atom is -0.461 e. The SMILES string of the molecule is CCN(C(=O)OC(C)(C)C)C1=N[C@@H]2[C@@H](OC(=S)n3ccnc3)[C@H](OC(=O)c3ccccc3)[C@@H](COC(=O)c3ccccc3)O[C@@H]2S1. The number of carbonyl (C=O) groups excluding carboxylic acids is 3. The lowest BCUT2D eigenvalue weighted by atomic mass is 9.97. The molecular weight excluding hydrogens is 633 g/mol. The molecule has 242 valence electrons. The number of fused-ring (bicyclic) bond motifs is 1. The summed E-state index contributed by atoms with van der Waals surface area (Å²) in [6.07, 6.45) is 0.916. The fourth-order valence-corrected chi connectivity index (χ4v) is 6.21. The number of carbonyl (C=O) groups is 3. The first-order valence-electron chi connectivity index (χ1n) is 14.6. The molecule has 0 N–H and O–H groups in total. The van der Waals surface area contributed by atoms with Gasteiger partial charge in [-0.1, -0.05) is 48.2 Å². The van der Waals surface area contributed by atoms with E-state index in [-0.39, 0.29) is 18.3 Å². The lowest BCUT2D eigenvalue weighted by Crippen LogP contribution is -2.59. The van der Waals surface area contributed by atoms with Crippen LogP contribution in [-0.2, 0) is 23.7 Å². The number of ether oxygens (including phenoxy) is 5. The molecule has 0 aliphatic carbocycles. The number of thioether (sulfide) groups is 1. The maximum atomic E-state index is 13.4. The molecule has 1 saturated heterocycles. The van der Waals surface area contributed by atoms with Crippen LogP contribution in [-0.4, -0.2) is 91.4 Å². The summed E-state index contributed by atoms with van der Waals surface area (Å²) in [7, 11) is 0. The van der Waals surface area contributed by atoms with Gasteiger partial charge in [-0.25, -0.2) is 19.4 Å². The number of nitrogens with zero attached hydrogens (tertiary/aromatic N) is 4. The van der Waals surface area contributed by atoms with E-state index < -0.39 is 53.4 Å². The smallest absolute Gasteiger partial charge is 0.416 e. The third-order valence-electron chi connectivity index (χ3n) is 6.85. The number of esters is 2. The minimum atomic E-state index is -1.14. The Morgan fingerprint density at radius 3 is 2.22 bits per heavy atom. The van der Waals surface area contributed by atoms with Crippen LogP contribution in [0.1, 0.15) is 48.4 Å². The van der Waals surface area contributed by atoms with Gasteiger partial charge < -0.3 is 23.7 Å². The molecule has 3 heterocycles. The van der Waals surface area contributed by atoms with Crippen LogP contribution in [0.2, 0.25) is 0 Å². The summed E-state index contributed by atoms with van der Waals surface area (Å²) in [4.78, 5) is 49.7. The molecule has 2 aliphatic rings. The maximum absolute atomic E-state index is 13.4. The van der Waals surface area contributed by atoms with Crippen LogP contribution in [0.3, 0.4) is 0 Å². The number of amidine groups is 1. The number of hydrogen-bond acceptors (Lipinski definition) is 12. The summed E-state index contributed by atoms with van der Waals surface area (Å²) in [6.45, 7) is 7.12. The molecule has 0 bridgehead atoms. The molecule has 2 aromatic carbocycles. The fraction of sp³-hybridized carbons (Fsp3) is 0.375. The zero-order valence-corrected chi connectivity index (χ0v) is 27.3. The topological polar surface area (TPSA) is 131 Å². The number of aliphatic imine (C=N–C) groups is 1. The summed E-state index contributed by atoms with van der Waals surface area (Å²) in [5.41, 5.74) is -0.799. The van der Waals surface area contributed by atoms with Crippen molar-refractivity contribution >= 4 is 52.4 Å². The second-order valence-electron chi connectivity index (χ2n) is 11.3. The van der Waals surface area contributed by atoms with Crippen molar-refractivity contribution in [2.45, 2.75) is 63.1 Å². The number of amides is 1. The van der Waals surface area contributed by atoms with Crippen molar-refractivity contribution in [1.82, 2.24) is 14.5 Å². The lowest BCUT2D eigenvalue weighted by Gasteiger charge is -2.41. The van der Waals surface area contributed by atoms with Crippen LogP contribution in [0.25, 0.3) is 0 Å². The molecule has 2 aliphatic heterocycles. The molecule has 46 heavy (non-hydrogen) atoms. The highest BCUT2D eigenvalue weighted by Gasteiger charge is 2.54. The van der Waals surface area contributed by atoms with E-state index in [4.69, 9.17) is 40.9 Å². The van der Waals surface area contributed by atoms with Gasteiger partial charge in [-0.05, 0) is 64.2 Å². The molecule has 12 nitrogen and oxygen atoms in total. The highest BCUT2D eigenvalue weighted by atomic mass is 32.2. The Labute approximate surface area is 276 Å². The molecule has 3 aromatic rings. The summed E-state index contributed by atoms with van der Waals surface area (Å²) in [5, 5.41) is 0.362. The van der Waals surface area contributed by atoms with Crippen LogP contribution in [0.15, 0.2) is 84.4 Å². The van der Waals surface area contributed by atoms with Gasteiger partial charge in [0, 0.05) is 18.9 Å². The van der Waals surface area contributed by atoms with Crippen LogP contribution in [0, 0.1) is 0 Å². The Hall–Kier alpha value is -4.27. The van der Waals surface area contributed by atoms with Crippen LogP contribution in [0.4, 0.5) is 4.79 Å². The van der Waals surface area contributed by atoms with Crippen molar-refractivity contribution in [2.75, 3.05) is 13.2 Å². The molecule has 0 radical (unpaired) electrons. The Balaban J connectivity index is 1.48. The van der Waals surface area contributed by atoms with Crippen LogP contribution >= 0.6 is 24.0 Å². The van der Waals surface area contributed by atoms with Gasteiger partial charge in [-0.2, -0.15) is 0 Å². The molecule has 14 heteroatoms. The highest BCUT2D eigenvalue weighted by molar-refractivity contribution is 8.14. The van der Waals surface area contributed by atoms with Crippen molar-refractivity contribution in [3.05, 3.63) is 90.5 Å². The number of aromatic nitrogens is 2. The minimum absolute atomic E-state index is 0.0251. The van der Waals surface area contributed by atoms with Gasteiger partial charge in [-0.15, -0.1) is 0 Å². The molecule has 1 aromatic heterocycles. The Morgan fingerprint density at radius 2 is 1.63 bits per heavy atom. The molecule has 5 atom stereocenters. The van der Waals surface area contributed by atoms with E-state index >= 15 is 0 Å². The average molecular weight is 667 g/mol. The Kier molecular flexibility index (Phi) is 10.4. The maximum Gasteiger partial charge on any atom is 0.416 e. The summed E-state index contributed by atoms with van der Waals surface area (Å²) in [6, 6.07) is 16.2. The predicted molar refractivity (Wildman–Crippen MR) is 174 cm³/mol. The fourth-order valence-electron chi connectivity index (χ4n) is 4.72. The van der Waals surface area contributed by atoms with Gasteiger partial charge in [0.05, 0.1) is 11.1 Å². The predicted octanol–water partition coefficient (Wildman–Crippen LogP) is 4.94. The molecular formula is C32H34N4O8S2. The van der Waals surface area contributed by atoms with Crippen molar-refractivity contribution in [2.24, 2.45) is 4.99 Å². The first-order valence-corrected chi connectivity index (χ1v) is 15.9. The van der Waals surface area contributed by atoms with Crippen LogP contribution in [0.5, 0.6) is 0 Å². The number of thiocarbonyl (C=S) groups is 1. The molecule has 1 amide bonds. The number of rotatable bonds is 7. The summed E-state index contributed by atoms with van der Waals surface area (Å²) in [5.74, 6) is -1.23. The van der Waals surface area contributed by atoms with Gasteiger partial charge >= 0.3 is 18.0 Å². The van der Waals surface area contributed by atoms with E-state index in [0.717, 1.165) is 0 Å². The standard InChI is InChI=1S/C32H34N4O8S2/c1-5-36(30(39)44-32(2,3)4)29-34-23-25(43-31(45)35-17-16-33-19-35)24(42-27(38)21-14-10-7-11-15-21)22(41-28(23)46-29)18-40-26(37)20-12-8-6-9-13-20/h6-17,19,22-25,28H,5,18H2,1-4H3/t22-,23-,24-,25-,28-/m1/s1. The van der Waals surface area contributed by atoms with Gasteiger partial charge in [-0.3, -0.25) is 14.5 Å². The van der Waals surface area contributed by atoms with E-state index in [9.17, 15) is 14.4 Å². The molecule has 0 unspecified atom stereocenters. The Bertz CT molecular complexity index is 1560. The Morgan fingerprint density at radius 1 is 0.978 bits per heavy atom. The van der Waals surface area contributed by atoms with Gasteiger partial charge in [0.2, 0.25) is 0 Å². The third kappa shape index (κ3) is 7.92. The van der Waals surface area contributed by atoms with Crippen molar-refractivity contribution in [3.63, 3.8) is 0 Å².